The van der Waals surface area contributed by atoms with Gasteiger partial charge in [-0.1, -0.05) is 19.1 Å². The Morgan fingerprint density at radius 1 is 1.04 bits per heavy atom. The van der Waals surface area contributed by atoms with E-state index in [1.807, 2.05) is 43.3 Å². The lowest BCUT2D eigenvalue weighted by Crippen LogP contribution is -2.30. The molecule has 2 N–H and O–H groups in total. The predicted octanol–water partition coefficient (Wildman–Crippen LogP) is 4.07. The summed E-state index contributed by atoms with van der Waals surface area (Å²) in [6.07, 6.45) is 0.991. The Morgan fingerprint density at radius 2 is 1.89 bits per heavy atom. The molecular formula is C21H29N3O3. The van der Waals surface area contributed by atoms with E-state index in [1.165, 1.54) is 0 Å². The highest BCUT2D eigenvalue weighted by Crippen LogP contribution is 2.30. The maximum absolute atomic E-state index is 5.68. The van der Waals surface area contributed by atoms with Gasteiger partial charge in [-0.3, -0.25) is 4.99 Å². The number of methoxy groups -OCH3 is 1. The number of nitrogens with zero attached hydrogens (tertiary/aromatic N) is 1. The molecule has 0 unspecified atom stereocenters. The van der Waals surface area contributed by atoms with Gasteiger partial charge in [0.15, 0.2) is 17.5 Å². The Balaban J connectivity index is 1.98. The van der Waals surface area contributed by atoms with Gasteiger partial charge < -0.3 is 24.8 Å². The van der Waals surface area contributed by atoms with Crippen LogP contribution in [-0.2, 0) is 6.54 Å². The topological polar surface area (TPSA) is 64.1 Å². The molecule has 6 heteroatoms. The molecule has 0 heterocycles. The van der Waals surface area contributed by atoms with Gasteiger partial charge in [-0.15, -0.1) is 0 Å². The first-order chi connectivity index (χ1) is 13.2. The first kappa shape index (κ1) is 20.4. The van der Waals surface area contributed by atoms with Crippen molar-refractivity contribution in [3.8, 4) is 17.2 Å². The summed E-state index contributed by atoms with van der Waals surface area (Å²) in [5.41, 5.74) is 1.99. The number of rotatable bonds is 9. The number of hydrogen-bond acceptors (Lipinski definition) is 4. The maximum Gasteiger partial charge on any atom is 0.195 e. The Hall–Kier alpha value is -2.89. The van der Waals surface area contributed by atoms with E-state index in [4.69, 9.17) is 14.2 Å². The van der Waals surface area contributed by atoms with Gasteiger partial charge in [-0.25, -0.2) is 0 Å². The zero-order valence-corrected chi connectivity index (χ0v) is 16.5. The molecule has 0 aliphatic heterocycles. The van der Waals surface area contributed by atoms with Crippen LogP contribution in [0.5, 0.6) is 17.2 Å². The Bertz CT molecular complexity index is 747. The van der Waals surface area contributed by atoms with E-state index in [-0.39, 0.29) is 0 Å². The minimum absolute atomic E-state index is 0.591. The Kier molecular flexibility index (Phi) is 8.29. The fourth-order valence-electron chi connectivity index (χ4n) is 2.49. The number of guanidine groups is 1. The third-order valence-corrected chi connectivity index (χ3v) is 3.78. The highest BCUT2D eigenvalue weighted by molar-refractivity contribution is 5.93. The molecule has 0 bridgehead atoms. The van der Waals surface area contributed by atoms with Crippen molar-refractivity contribution in [2.24, 2.45) is 4.99 Å². The Morgan fingerprint density at radius 3 is 2.59 bits per heavy atom. The summed E-state index contributed by atoms with van der Waals surface area (Å²) >= 11 is 0. The van der Waals surface area contributed by atoms with Crippen LogP contribution in [0.15, 0.2) is 47.5 Å². The summed E-state index contributed by atoms with van der Waals surface area (Å²) in [7, 11) is 3.37. The molecule has 0 spiro atoms. The predicted molar refractivity (Wildman–Crippen MR) is 110 cm³/mol. The fraction of sp³-hybridized carbons (Fsp3) is 0.381. The minimum Gasteiger partial charge on any atom is -0.494 e. The van der Waals surface area contributed by atoms with E-state index < -0.39 is 0 Å². The van der Waals surface area contributed by atoms with Gasteiger partial charge in [-0.05, 0) is 43.2 Å². The minimum atomic E-state index is 0.591. The van der Waals surface area contributed by atoms with Crippen molar-refractivity contribution >= 4 is 11.6 Å². The summed E-state index contributed by atoms with van der Waals surface area (Å²) < 4.78 is 16.6. The molecule has 0 aliphatic rings. The van der Waals surface area contributed by atoms with Crippen molar-refractivity contribution in [2.75, 3.05) is 32.7 Å². The number of ether oxygens (including phenoxy) is 3. The molecule has 0 saturated carbocycles. The zero-order chi connectivity index (χ0) is 19.5. The number of aliphatic imine (C=N–C) groups is 1. The van der Waals surface area contributed by atoms with Gasteiger partial charge in [-0.2, -0.15) is 0 Å². The van der Waals surface area contributed by atoms with E-state index in [9.17, 15) is 0 Å². The van der Waals surface area contributed by atoms with Crippen LogP contribution in [0.3, 0.4) is 0 Å². The molecule has 2 aromatic rings. The van der Waals surface area contributed by atoms with Crippen LogP contribution in [0, 0.1) is 0 Å². The van der Waals surface area contributed by atoms with Gasteiger partial charge in [0.1, 0.15) is 5.75 Å². The molecular weight excluding hydrogens is 342 g/mol. The zero-order valence-electron chi connectivity index (χ0n) is 16.5. The molecule has 0 atom stereocenters. The van der Waals surface area contributed by atoms with Crippen LogP contribution < -0.4 is 24.8 Å². The molecule has 2 rings (SSSR count). The van der Waals surface area contributed by atoms with Gasteiger partial charge in [0.05, 0.1) is 20.3 Å². The van der Waals surface area contributed by atoms with Crippen LogP contribution in [0.4, 0.5) is 5.69 Å². The molecule has 2 aromatic carbocycles. The third kappa shape index (κ3) is 6.40. The number of hydrogen-bond donors (Lipinski definition) is 2. The monoisotopic (exact) mass is 371 g/mol. The molecule has 0 radical (unpaired) electrons. The quantitative estimate of drug-likeness (QED) is 0.514. The lowest BCUT2D eigenvalue weighted by atomic mass is 10.2. The van der Waals surface area contributed by atoms with Gasteiger partial charge in [0, 0.05) is 25.3 Å². The summed E-state index contributed by atoms with van der Waals surface area (Å²) in [5, 5.41) is 6.57. The lowest BCUT2D eigenvalue weighted by Gasteiger charge is -2.15. The standard InChI is InChI=1S/C21H29N3O3/c1-5-12-27-18-9-7-8-16(13-18)15-23-21(22-3)24-17-10-11-19(26-6-2)20(14-17)25-4/h7-11,13-14H,5-6,12,15H2,1-4H3,(H2,22,23,24). The second kappa shape index (κ2) is 11.0. The lowest BCUT2D eigenvalue weighted by molar-refractivity contribution is 0.311. The van der Waals surface area contributed by atoms with Crippen molar-refractivity contribution in [1.29, 1.82) is 0 Å². The fourth-order valence-corrected chi connectivity index (χ4v) is 2.49. The first-order valence-electron chi connectivity index (χ1n) is 9.20. The molecule has 0 fully saturated rings. The summed E-state index contributed by atoms with van der Waals surface area (Å²) in [6, 6.07) is 13.8. The third-order valence-electron chi connectivity index (χ3n) is 3.78. The van der Waals surface area contributed by atoms with E-state index in [1.54, 1.807) is 14.2 Å². The summed E-state index contributed by atoms with van der Waals surface area (Å²) in [5.74, 6) is 2.95. The van der Waals surface area contributed by atoms with Crippen LogP contribution in [0.2, 0.25) is 0 Å². The average molecular weight is 371 g/mol. The van der Waals surface area contributed by atoms with Crippen molar-refractivity contribution in [3.05, 3.63) is 48.0 Å². The second-order valence-corrected chi connectivity index (χ2v) is 5.85. The average Bonchev–Trinajstić information content (AvgIpc) is 2.71. The van der Waals surface area contributed by atoms with Crippen molar-refractivity contribution < 1.29 is 14.2 Å². The Labute approximate surface area is 161 Å². The molecule has 6 nitrogen and oxygen atoms in total. The van der Waals surface area contributed by atoms with Gasteiger partial charge in [0.2, 0.25) is 0 Å². The normalized spacial score (nSPS) is 11.0. The molecule has 0 amide bonds. The van der Waals surface area contributed by atoms with Crippen LogP contribution in [0.1, 0.15) is 25.8 Å². The number of anilines is 1. The smallest absolute Gasteiger partial charge is 0.195 e. The summed E-state index contributed by atoms with van der Waals surface area (Å²) in [6.45, 7) is 5.99. The molecule has 27 heavy (non-hydrogen) atoms. The van der Waals surface area contributed by atoms with Crippen LogP contribution in [0.25, 0.3) is 0 Å². The number of nitrogens with one attached hydrogen (secondary N) is 2. The second-order valence-electron chi connectivity index (χ2n) is 5.85. The molecule has 0 aliphatic carbocycles. The molecule has 0 aromatic heterocycles. The van der Waals surface area contributed by atoms with Crippen molar-refractivity contribution in [1.82, 2.24) is 5.32 Å². The molecule has 146 valence electrons. The maximum atomic E-state index is 5.68. The number of benzene rings is 2. The first-order valence-corrected chi connectivity index (χ1v) is 9.20. The van der Waals surface area contributed by atoms with E-state index in [0.717, 1.165) is 35.8 Å². The SMILES string of the molecule is CCCOc1cccc(CNC(=NC)Nc2ccc(OCC)c(OC)c2)c1. The van der Waals surface area contributed by atoms with Crippen LogP contribution >= 0.6 is 0 Å². The van der Waals surface area contributed by atoms with E-state index in [0.29, 0.717) is 24.9 Å². The van der Waals surface area contributed by atoms with E-state index >= 15 is 0 Å². The van der Waals surface area contributed by atoms with Gasteiger partial charge in [0.25, 0.3) is 0 Å². The molecule has 0 saturated heterocycles. The van der Waals surface area contributed by atoms with Crippen molar-refractivity contribution in [3.63, 3.8) is 0 Å². The van der Waals surface area contributed by atoms with Crippen LogP contribution in [-0.4, -0.2) is 33.3 Å². The highest BCUT2D eigenvalue weighted by atomic mass is 16.5. The van der Waals surface area contributed by atoms with Gasteiger partial charge >= 0.3 is 0 Å². The summed E-state index contributed by atoms with van der Waals surface area (Å²) in [4.78, 5) is 4.28. The highest BCUT2D eigenvalue weighted by Gasteiger charge is 2.07. The van der Waals surface area contributed by atoms with Crippen molar-refractivity contribution in [2.45, 2.75) is 26.8 Å². The van der Waals surface area contributed by atoms with E-state index in [2.05, 4.69) is 28.6 Å². The largest absolute Gasteiger partial charge is 0.494 e.